The predicted molar refractivity (Wildman–Crippen MR) is 46.2 cm³/mol. The molecule has 0 aliphatic carbocycles. The van der Waals surface area contributed by atoms with E-state index in [2.05, 4.69) is 17.9 Å². The summed E-state index contributed by atoms with van der Waals surface area (Å²) in [6, 6.07) is 0. The van der Waals surface area contributed by atoms with Gasteiger partial charge in [-0.05, 0) is 13.5 Å². The molecule has 0 aromatic carbocycles. The zero-order valence-corrected chi connectivity index (χ0v) is 7.32. The van der Waals surface area contributed by atoms with Gasteiger partial charge in [-0.3, -0.25) is 0 Å². The van der Waals surface area contributed by atoms with Gasteiger partial charge < -0.3 is 14.9 Å². The summed E-state index contributed by atoms with van der Waals surface area (Å²) in [5, 5.41) is 15.9. The van der Waals surface area contributed by atoms with E-state index in [9.17, 15) is 9.59 Å². The number of carbonyl (C=O) groups is 2. The molecule has 5 nitrogen and oxygen atoms in total. The van der Waals surface area contributed by atoms with Gasteiger partial charge in [0.25, 0.3) is 0 Å². The molecule has 0 unspecified atom stereocenters. The number of carboxylic acids is 1. The van der Waals surface area contributed by atoms with Gasteiger partial charge in [0.2, 0.25) is 0 Å². The van der Waals surface area contributed by atoms with Crippen LogP contribution >= 0.6 is 0 Å². The minimum atomic E-state index is -0.981. The van der Waals surface area contributed by atoms with E-state index in [-0.39, 0.29) is 6.61 Å². The van der Waals surface area contributed by atoms with Crippen LogP contribution in [0.3, 0.4) is 0 Å². The highest BCUT2D eigenvalue weighted by Gasteiger charge is 2.01. The zero-order valence-electron chi connectivity index (χ0n) is 7.32. The third kappa shape index (κ3) is 13.2. The van der Waals surface area contributed by atoms with Crippen LogP contribution < -0.4 is 0 Å². The third-order valence-corrected chi connectivity index (χ3v) is 0.686. The summed E-state index contributed by atoms with van der Waals surface area (Å²) in [5.74, 6) is -2.29. The lowest BCUT2D eigenvalue weighted by atomic mass is 10.6. The van der Waals surface area contributed by atoms with Crippen molar-refractivity contribution in [2.45, 2.75) is 6.92 Å². The van der Waals surface area contributed by atoms with Gasteiger partial charge in [-0.2, -0.15) is 0 Å². The van der Waals surface area contributed by atoms with Crippen LogP contribution in [0.25, 0.3) is 0 Å². The first kappa shape index (κ1) is 13.8. The summed E-state index contributed by atoms with van der Waals surface area (Å²) >= 11 is 0. The normalized spacial score (nSPS) is 7.46. The number of aliphatic hydroxyl groups is 1. The van der Waals surface area contributed by atoms with Crippen molar-refractivity contribution < 1.29 is 24.5 Å². The first-order valence-corrected chi connectivity index (χ1v) is 3.36. The fourth-order valence-corrected chi connectivity index (χ4v) is 0.214. The molecule has 0 aromatic heterocycles. The molecule has 74 valence electrons. The number of carbonyl (C=O) groups excluding carboxylic acids is 1. The second-order valence-electron chi connectivity index (χ2n) is 1.71. The Morgan fingerprint density at radius 1 is 1.46 bits per heavy atom. The third-order valence-electron chi connectivity index (χ3n) is 0.686. The molecule has 0 heterocycles. The monoisotopic (exact) mass is 188 g/mol. The summed E-state index contributed by atoms with van der Waals surface area (Å²) < 4.78 is 4.31. The molecule has 0 fully saturated rings. The Hall–Kier alpha value is -1.78. The van der Waals surface area contributed by atoms with Gasteiger partial charge in [-0.15, -0.1) is 0 Å². The van der Waals surface area contributed by atoms with Crippen LogP contribution in [0.1, 0.15) is 6.92 Å². The van der Waals surface area contributed by atoms with Gasteiger partial charge in [-0.1, -0.05) is 6.58 Å². The minimum Gasteiger partial charge on any atom is -0.502 e. The summed E-state index contributed by atoms with van der Waals surface area (Å²) in [6.45, 7) is 7.83. The van der Waals surface area contributed by atoms with Crippen molar-refractivity contribution in [1.29, 1.82) is 0 Å². The van der Waals surface area contributed by atoms with Gasteiger partial charge in [0.1, 0.15) is 0 Å². The van der Waals surface area contributed by atoms with Crippen LogP contribution in [0.5, 0.6) is 0 Å². The van der Waals surface area contributed by atoms with Crippen LogP contribution in [0.2, 0.25) is 0 Å². The van der Waals surface area contributed by atoms with Gasteiger partial charge in [0.05, 0.1) is 6.61 Å². The number of rotatable bonds is 3. The minimum absolute atomic E-state index is 0.262. The molecule has 13 heavy (non-hydrogen) atoms. The molecular formula is C8H12O5. The summed E-state index contributed by atoms with van der Waals surface area (Å²) in [4.78, 5) is 19.4. The Labute approximate surface area is 75.9 Å². The van der Waals surface area contributed by atoms with E-state index in [1.807, 2.05) is 0 Å². The molecule has 0 aromatic rings. The first-order chi connectivity index (χ1) is 5.95. The van der Waals surface area contributed by atoms with E-state index < -0.39 is 17.7 Å². The molecule has 0 aliphatic rings. The van der Waals surface area contributed by atoms with E-state index in [1.165, 1.54) is 0 Å². The Kier molecular flexibility index (Phi) is 8.82. The highest BCUT2D eigenvalue weighted by atomic mass is 16.5. The fraction of sp³-hybridized carbons (Fsp3) is 0.250. The zero-order chi connectivity index (χ0) is 10.9. The SMILES string of the molecule is C=C(O)C(=O)OCC.C=CC(=O)O. The smallest absolute Gasteiger partial charge is 0.372 e. The molecular weight excluding hydrogens is 176 g/mol. The van der Waals surface area contributed by atoms with Crippen molar-refractivity contribution in [3.05, 3.63) is 25.0 Å². The van der Waals surface area contributed by atoms with Crippen LogP contribution in [0.15, 0.2) is 25.0 Å². The van der Waals surface area contributed by atoms with E-state index in [4.69, 9.17) is 10.2 Å². The molecule has 0 radical (unpaired) electrons. The number of aliphatic hydroxyl groups excluding tert-OH is 1. The van der Waals surface area contributed by atoms with Gasteiger partial charge in [0.15, 0.2) is 5.76 Å². The maximum absolute atomic E-state index is 10.2. The lowest BCUT2D eigenvalue weighted by Gasteiger charge is -1.95. The Balaban J connectivity index is 0. The lowest BCUT2D eigenvalue weighted by Crippen LogP contribution is -2.05. The van der Waals surface area contributed by atoms with E-state index in [0.29, 0.717) is 0 Å². The predicted octanol–water partition coefficient (Wildman–Crippen LogP) is 0.878. The van der Waals surface area contributed by atoms with Gasteiger partial charge in [-0.25, -0.2) is 9.59 Å². The van der Waals surface area contributed by atoms with Crippen molar-refractivity contribution >= 4 is 11.9 Å². The van der Waals surface area contributed by atoms with Crippen LogP contribution in [-0.2, 0) is 14.3 Å². The van der Waals surface area contributed by atoms with Crippen molar-refractivity contribution in [2.75, 3.05) is 6.61 Å². The van der Waals surface area contributed by atoms with E-state index in [1.54, 1.807) is 6.92 Å². The average molecular weight is 188 g/mol. The number of hydrogen-bond donors (Lipinski definition) is 2. The highest BCUT2D eigenvalue weighted by molar-refractivity contribution is 5.84. The Bertz CT molecular complexity index is 207. The quantitative estimate of drug-likeness (QED) is 0.390. The number of carboxylic acid groups (broad SMARTS) is 1. The topological polar surface area (TPSA) is 83.8 Å². The van der Waals surface area contributed by atoms with E-state index in [0.717, 1.165) is 6.08 Å². The molecule has 0 bridgehead atoms. The van der Waals surface area contributed by atoms with Crippen molar-refractivity contribution in [2.24, 2.45) is 0 Å². The van der Waals surface area contributed by atoms with Crippen LogP contribution in [0, 0.1) is 0 Å². The maximum atomic E-state index is 10.2. The average Bonchev–Trinajstić information content (AvgIpc) is 2.06. The lowest BCUT2D eigenvalue weighted by molar-refractivity contribution is -0.141. The molecule has 0 rings (SSSR count). The number of ether oxygens (including phenoxy) is 1. The fourth-order valence-electron chi connectivity index (χ4n) is 0.214. The largest absolute Gasteiger partial charge is 0.502 e. The maximum Gasteiger partial charge on any atom is 0.372 e. The second kappa shape index (κ2) is 8.32. The van der Waals surface area contributed by atoms with Crippen LogP contribution in [-0.4, -0.2) is 28.8 Å². The van der Waals surface area contributed by atoms with Crippen molar-refractivity contribution in [3.63, 3.8) is 0 Å². The molecule has 0 saturated carbocycles. The molecule has 2 N–H and O–H groups in total. The summed E-state index contributed by atoms with van der Waals surface area (Å²) in [6.07, 6.45) is 0.833. The number of aliphatic carboxylic acids is 1. The summed E-state index contributed by atoms with van der Waals surface area (Å²) in [7, 11) is 0. The molecule has 0 amide bonds. The summed E-state index contributed by atoms with van der Waals surface area (Å²) in [5.41, 5.74) is 0. The van der Waals surface area contributed by atoms with Crippen LogP contribution in [0.4, 0.5) is 0 Å². The van der Waals surface area contributed by atoms with Gasteiger partial charge >= 0.3 is 11.9 Å². The Morgan fingerprint density at radius 3 is 1.92 bits per heavy atom. The van der Waals surface area contributed by atoms with Crippen molar-refractivity contribution in [1.82, 2.24) is 0 Å². The standard InChI is InChI=1S/C5H8O3.C3H4O2/c1-3-8-5(7)4(2)6;1-2-3(4)5/h6H,2-3H2,1H3;2H,1H2,(H,4,5). The molecule has 0 aliphatic heterocycles. The highest BCUT2D eigenvalue weighted by Crippen LogP contribution is 1.85. The molecule has 5 heteroatoms. The molecule has 0 atom stereocenters. The van der Waals surface area contributed by atoms with E-state index >= 15 is 0 Å². The first-order valence-electron chi connectivity index (χ1n) is 3.36. The molecule has 0 saturated heterocycles. The second-order valence-corrected chi connectivity index (χ2v) is 1.71. The van der Waals surface area contributed by atoms with Gasteiger partial charge in [0, 0.05) is 6.08 Å². The van der Waals surface area contributed by atoms with Crippen molar-refractivity contribution in [3.8, 4) is 0 Å². The molecule has 0 spiro atoms. The number of esters is 1. The number of hydrogen-bond acceptors (Lipinski definition) is 4. The Morgan fingerprint density at radius 2 is 1.85 bits per heavy atom.